The molecule has 0 aliphatic heterocycles. The van der Waals surface area contributed by atoms with E-state index >= 15 is 0 Å². The van der Waals surface area contributed by atoms with Gasteiger partial charge in [0.05, 0.1) is 16.7 Å². The van der Waals surface area contributed by atoms with Crippen LogP contribution in [0.2, 0.25) is 0 Å². The van der Waals surface area contributed by atoms with Gasteiger partial charge in [0, 0.05) is 0 Å². The highest BCUT2D eigenvalue weighted by Gasteiger charge is 2.15. The Hall–Kier alpha value is -1.66. The molecule has 0 saturated carbocycles. The summed E-state index contributed by atoms with van der Waals surface area (Å²) in [5, 5.41) is 0. The zero-order valence-corrected chi connectivity index (χ0v) is 8.74. The zero-order chi connectivity index (χ0) is 11.8. The van der Waals surface area contributed by atoms with Crippen molar-refractivity contribution in [2.24, 2.45) is 0 Å². The van der Waals surface area contributed by atoms with Gasteiger partial charge in [-0.3, -0.25) is 4.55 Å². The molecule has 0 bridgehead atoms. The number of hydrogen-bond acceptors (Lipinski definition) is 3. The van der Waals surface area contributed by atoms with Crippen LogP contribution in [0.15, 0.2) is 45.9 Å². The molecule has 0 aliphatic carbocycles. The molecule has 1 aromatic heterocycles. The first-order valence-electron chi connectivity index (χ1n) is 4.29. The van der Waals surface area contributed by atoms with E-state index in [0.29, 0.717) is 0 Å². The maximum absolute atomic E-state index is 13.4. The summed E-state index contributed by atoms with van der Waals surface area (Å²) >= 11 is 0. The summed E-state index contributed by atoms with van der Waals surface area (Å²) in [4.78, 5) is -0.375. The van der Waals surface area contributed by atoms with Gasteiger partial charge in [0.15, 0.2) is 0 Å². The molecule has 1 aromatic carbocycles. The molecule has 0 amide bonds. The van der Waals surface area contributed by atoms with E-state index in [1.54, 1.807) is 6.07 Å². The Morgan fingerprint density at radius 2 is 2.00 bits per heavy atom. The first-order chi connectivity index (χ1) is 7.48. The first kappa shape index (κ1) is 10.8. The summed E-state index contributed by atoms with van der Waals surface area (Å²) in [5.74, 6) is -0.426. The lowest BCUT2D eigenvalue weighted by Gasteiger charge is -2.02. The van der Waals surface area contributed by atoms with Crippen LogP contribution in [0.5, 0.6) is 0 Å². The maximum atomic E-state index is 13.4. The van der Waals surface area contributed by atoms with Crippen LogP contribution in [0.25, 0.3) is 11.3 Å². The fraction of sp³-hybridized carbons (Fsp3) is 0. The molecule has 0 unspecified atom stereocenters. The minimum atomic E-state index is -4.34. The van der Waals surface area contributed by atoms with E-state index in [1.165, 1.54) is 12.3 Å². The normalized spacial score (nSPS) is 11.6. The second-order valence-electron chi connectivity index (χ2n) is 3.09. The van der Waals surface area contributed by atoms with Gasteiger partial charge in [-0.2, -0.15) is 8.42 Å². The molecule has 2 aromatic rings. The van der Waals surface area contributed by atoms with E-state index in [-0.39, 0.29) is 16.2 Å². The van der Waals surface area contributed by atoms with Crippen molar-refractivity contribution < 1.29 is 21.8 Å². The minimum Gasteiger partial charge on any atom is -0.464 e. The Morgan fingerprint density at radius 1 is 1.25 bits per heavy atom. The van der Waals surface area contributed by atoms with Gasteiger partial charge in [-0.25, -0.2) is 4.39 Å². The quantitative estimate of drug-likeness (QED) is 0.820. The van der Waals surface area contributed by atoms with Crippen LogP contribution >= 0.6 is 0 Å². The van der Waals surface area contributed by atoms with Gasteiger partial charge in [0.2, 0.25) is 0 Å². The van der Waals surface area contributed by atoms with Gasteiger partial charge in [-0.05, 0) is 30.3 Å². The number of rotatable bonds is 2. The molecule has 84 valence electrons. The van der Waals surface area contributed by atoms with Gasteiger partial charge in [0.25, 0.3) is 10.1 Å². The van der Waals surface area contributed by atoms with E-state index < -0.39 is 15.9 Å². The summed E-state index contributed by atoms with van der Waals surface area (Å²) in [6.45, 7) is 0. The van der Waals surface area contributed by atoms with Crippen LogP contribution in [0.4, 0.5) is 4.39 Å². The Morgan fingerprint density at radius 3 is 2.56 bits per heavy atom. The summed E-state index contributed by atoms with van der Waals surface area (Å²) in [5.41, 5.74) is -0.0138. The average molecular weight is 242 g/mol. The molecule has 0 saturated heterocycles. The van der Waals surface area contributed by atoms with Crippen molar-refractivity contribution in [2.75, 3.05) is 0 Å². The molecule has 1 heterocycles. The molecular weight excluding hydrogens is 235 g/mol. The minimum absolute atomic E-state index is 0.0138. The molecule has 6 heteroatoms. The number of hydrogen-bond donors (Lipinski definition) is 1. The molecule has 16 heavy (non-hydrogen) atoms. The van der Waals surface area contributed by atoms with E-state index in [1.807, 2.05) is 0 Å². The fourth-order valence-corrected chi connectivity index (χ4v) is 1.79. The van der Waals surface area contributed by atoms with E-state index in [0.717, 1.165) is 18.2 Å². The summed E-state index contributed by atoms with van der Waals surface area (Å²) < 4.78 is 48.9. The van der Waals surface area contributed by atoms with Crippen LogP contribution in [0.3, 0.4) is 0 Å². The van der Waals surface area contributed by atoms with Gasteiger partial charge >= 0.3 is 0 Å². The van der Waals surface area contributed by atoms with Crippen LogP contribution in [0, 0.1) is 5.82 Å². The highest BCUT2D eigenvalue weighted by atomic mass is 32.2. The molecule has 0 aliphatic rings. The van der Waals surface area contributed by atoms with E-state index in [4.69, 9.17) is 8.97 Å². The van der Waals surface area contributed by atoms with Gasteiger partial charge in [0.1, 0.15) is 11.6 Å². The lowest BCUT2D eigenvalue weighted by Crippen LogP contribution is -1.98. The summed E-state index contributed by atoms with van der Waals surface area (Å²) in [6.07, 6.45) is 1.34. The van der Waals surface area contributed by atoms with Crippen LogP contribution in [-0.4, -0.2) is 13.0 Å². The predicted octanol–water partition coefficient (Wildman–Crippen LogP) is 2.33. The molecule has 0 fully saturated rings. The number of furan rings is 1. The molecule has 0 spiro atoms. The molecule has 4 nitrogen and oxygen atoms in total. The highest BCUT2D eigenvalue weighted by Crippen LogP contribution is 2.25. The maximum Gasteiger partial charge on any atom is 0.294 e. The Labute approximate surface area is 91.1 Å². The predicted molar refractivity (Wildman–Crippen MR) is 53.9 cm³/mol. The monoisotopic (exact) mass is 242 g/mol. The van der Waals surface area contributed by atoms with Crippen LogP contribution in [0.1, 0.15) is 0 Å². The third-order valence-electron chi connectivity index (χ3n) is 2.02. The van der Waals surface area contributed by atoms with E-state index in [9.17, 15) is 12.8 Å². The third kappa shape index (κ3) is 1.98. The molecule has 0 atom stereocenters. The Balaban J connectivity index is 2.63. The van der Waals surface area contributed by atoms with Crippen molar-refractivity contribution in [3.8, 4) is 11.3 Å². The SMILES string of the molecule is O=S(=O)(O)c1ccc(F)c(-c2ccco2)c1. The van der Waals surface area contributed by atoms with E-state index in [2.05, 4.69) is 0 Å². The van der Waals surface area contributed by atoms with Crippen molar-refractivity contribution in [3.05, 3.63) is 42.4 Å². The standard InChI is InChI=1S/C10H7FO4S/c11-9-4-3-7(16(12,13)14)6-8(9)10-2-1-5-15-10/h1-6H,(H,12,13,14). The first-order valence-corrected chi connectivity index (χ1v) is 5.73. The van der Waals surface area contributed by atoms with Crippen molar-refractivity contribution in [2.45, 2.75) is 4.90 Å². The van der Waals surface area contributed by atoms with Gasteiger partial charge in [-0.15, -0.1) is 0 Å². The Kier molecular flexibility index (Phi) is 2.53. The van der Waals surface area contributed by atoms with Gasteiger partial charge in [-0.1, -0.05) is 0 Å². The number of halogens is 1. The summed E-state index contributed by atoms with van der Waals surface area (Å²) in [6, 6.07) is 6.00. The fourth-order valence-electron chi connectivity index (χ4n) is 1.29. The lowest BCUT2D eigenvalue weighted by molar-refractivity contribution is 0.483. The van der Waals surface area contributed by atoms with Crippen LogP contribution < -0.4 is 0 Å². The number of benzene rings is 1. The smallest absolute Gasteiger partial charge is 0.294 e. The second kappa shape index (κ2) is 3.73. The Bertz CT molecular complexity index is 602. The van der Waals surface area contributed by atoms with Crippen molar-refractivity contribution in [1.82, 2.24) is 0 Å². The van der Waals surface area contributed by atoms with Crippen molar-refractivity contribution in [1.29, 1.82) is 0 Å². The molecule has 2 rings (SSSR count). The zero-order valence-electron chi connectivity index (χ0n) is 7.92. The topological polar surface area (TPSA) is 67.5 Å². The molecule has 1 N–H and O–H groups in total. The summed E-state index contributed by atoms with van der Waals surface area (Å²) in [7, 11) is -4.34. The highest BCUT2D eigenvalue weighted by molar-refractivity contribution is 7.85. The molecular formula is C10H7FO4S. The van der Waals surface area contributed by atoms with Crippen molar-refractivity contribution in [3.63, 3.8) is 0 Å². The van der Waals surface area contributed by atoms with Crippen molar-refractivity contribution >= 4 is 10.1 Å². The average Bonchev–Trinajstić information content (AvgIpc) is 2.69. The second-order valence-corrected chi connectivity index (χ2v) is 4.52. The lowest BCUT2D eigenvalue weighted by atomic mass is 10.1. The molecule has 0 radical (unpaired) electrons. The van der Waals surface area contributed by atoms with Crippen LogP contribution in [-0.2, 0) is 10.1 Å². The third-order valence-corrected chi connectivity index (χ3v) is 2.87. The van der Waals surface area contributed by atoms with Gasteiger partial charge < -0.3 is 4.42 Å². The largest absolute Gasteiger partial charge is 0.464 e.